The first kappa shape index (κ1) is 25.2. The Labute approximate surface area is 217 Å². The highest BCUT2D eigenvalue weighted by molar-refractivity contribution is 7.91. The van der Waals surface area contributed by atoms with Gasteiger partial charge in [-0.05, 0) is 48.7 Å². The molecule has 194 valence electrons. The number of aliphatic imine (C=N–C) groups is 1. The zero-order valence-corrected chi connectivity index (χ0v) is 22.4. The van der Waals surface area contributed by atoms with Crippen molar-refractivity contribution in [1.29, 1.82) is 0 Å². The molecule has 0 bridgehead atoms. The summed E-state index contributed by atoms with van der Waals surface area (Å²) in [4.78, 5) is 17.7. The minimum Gasteiger partial charge on any atom is -0.329 e. The van der Waals surface area contributed by atoms with Crippen LogP contribution in [-0.2, 0) is 16.3 Å². The molecule has 0 fully saturated rings. The van der Waals surface area contributed by atoms with Crippen molar-refractivity contribution in [1.82, 2.24) is 19.9 Å². The number of rotatable bonds is 6. The van der Waals surface area contributed by atoms with Crippen LogP contribution in [0.25, 0.3) is 0 Å². The number of pyridine rings is 1. The highest BCUT2D eigenvalue weighted by Crippen LogP contribution is 2.36. The van der Waals surface area contributed by atoms with Crippen LogP contribution in [0.3, 0.4) is 0 Å². The normalized spacial score (nSPS) is 17.5. The van der Waals surface area contributed by atoms with Gasteiger partial charge in [0, 0.05) is 36.1 Å². The highest BCUT2D eigenvalue weighted by atomic mass is 32.2. The molecule has 0 spiro atoms. The van der Waals surface area contributed by atoms with Crippen LogP contribution in [0.1, 0.15) is 56.6 Å². The third-order valence-corrected chi connectivity index (χ3v) is 8.71. The molecule has 2 aromatic heterocycles. The van der Waals surface area contributed by atoms with Gasteiger partial charge in [0.2, 0.25) is 5.82 Å². The summed E-state index contributed by atoms with van der Waals surface area (Å²) in [5.74, 6) is 1.47. The van der Waals surface area contributed by atoms with Crippen LogP contribution in [0.15, 0.2) is 52.7 Å². The Bertz CT molecular complexity index is 1490. The average molecular weight is 521 g/mol. The number of aromatic nitrogens is 4. The van der Waals surface area contributed by atoms with Crippen LogP contribution in [0.5, 0.6) is 0 Å². The molecule has 37 heavy (non-hydrogen) atoms. The van der Waals surface area contributed by atoms with E-state index < -0.39 is 15.1 Å². The maximum atomic E-state index is 12.6. The number of sulfone groups is 1. The van der Waals surface area contributed by atoms with Gasteiger partial charge in [0.05, 0.1) is 11.4 Å². The van der Waals surface area contributed by atoms with Crippen molar-refractivity contribution in [3.05, 3.63) is 59.8 Å². The second-order valence-corrected chi connectivity index (χ2v) is 12.7. The molecule has 4 heterocycles. The third-order valence-electron chi connectivity index (χ3n) is 6.63. The highest BCUT2D eigenvalue weighted by Gasteiger charge is 2.37. The molecule has 0 aliphatic carbocycles. The lowest BCUT2D eigenvalue weighted by atomic mass is 9.87. The van der Waals surface area contributed by atoms with Crippen LogP contribution in [-0.4, -0.2) is 58.5 Å². The largest absolute Gasteiger partial charge is 0.329 e. The summed E-state index contributed by atoms with van der Waals surface area (Å²) in [7, 11) is -3.47. The number of hydrogen-bond donors (Lipinski definition) is 1. The second kappa shape index (κ2) is 9.46. The van der Waals surface area contributed by atoms with Gasteiger partial charge in [-0.2, -0.15) is 5.10 Å². The van der Waals surface area contributed by atoms with Crippen molar-refractivity contribution in [2.45, 2.75) is 45.8 Å². The molecule has 1 unspecified atom stereocenters. The summed E-state index contributed by atoms with van der Waals surface area (Å²) in [5.41, 5.74) is 9.93. The Morgan fingerprint density at radius 2 is 2.00 bits per heavy atom. The number of hydrogen-bond acceptors (Lipinski definition) is 9. The fraction of sp³-hybridized carbons (Fsp3) is 0.423. The zero-order valence-electron chi connectivity index (χ0n) is 21.6. The van der Waals surface area contributed by atoms with Crippen molar-refractivity contribution in [3.63, 3.8) is 0 Å². The molecule has 1 atom stereocenters. The van der Waals surface area contributed by atoms with E-state index in [0.29, 0.717) is 11.5 Å². The van der Waals surface area contributed by atoms with Gasteiger partial charge in [0.25, 0.3) is 0 Å². The van der Waals surface area contributed by atoms with Crippen molar-refractivity contribution < 1.29 is 8.42 Å². The molecule has 0 saturated carbocycles. The number of benzene rings is 1. The molecule has 2 aliphatic rings. The average Bonchev–Trinajstić information content (AvgIpc) is 3.43. The zero-order chi connectivity index (χ0) is 26.4. The summed E-state index contributed by atoms with van der Waals surface area (Å²) in [6, 6.07) is 12.1. The fourth-order valence-corrected chi connectivity index (χ4v) is 5.79. The summed E-state index contributed by atoms with van der Waals surface area (Å²) in [6.07, 6.45) is 3.77. The Balaban J connectivity index is 1.56. The van der Waals surface area contributed by atoms with Gasteiger partial charge in [-0.1, -0.05) is 33.8 Å². The first-order chi connectivity index (χ1) is 17.6. The minimum absolute atomic E-state index is 0.0408. The Morgan fingerprint density at radius 3 is 2.68 bits per heavy atom. The number of nitrogens with zero attached hydrogens (tertiary/aromatic N) is 7. The Morgan fingerprint density at radius 1 is 1.19 bits per heavy atom. The van der Waals surface area contributed by atoms with E-state index in [1.165, 1.54) is 10.4 Å². The maximum Gasteiger partial charge on any atom is 0.204 e. The van der Waals surface area contributed by atoms with E-state index in [-0.39, 0.29) is 23.5 Å². The van der Waals surface area contributed by atoms with Crippen LogP contribution in [0.2, 0.25) is 0 Å². The number of anilines is 2. The Kier molecular flexibility index (Phi) is 6.45. The first-order valence-corrected chi connectivity index (χ1v) is 14.2. The van der Waals surface area contributed by atoms with E-state index in [9.17, 15) is 8.42 Å². The number of fused-ring (bicyclic) bond motifs is 2. The third kappa shape index (κ3) is 4.69. The molecule has 3 aromatic rings. The van der Waals surface area contributed by atoms with Gasteiger partial charge in [0.1, 0.15) is 16.8 Å². The molecular formula is C26H32N8O2S. The topological polar surface area (TPSA) is 132 Å². The summed E-state index contributed by atoms with van der Waals surface area (Å²) in [5, 5.41) is 8.09. The molecule has 2 aliphatic heterocycles. The van der Waals surface area contributed by atoms with Gasteiger partial charge < -0.3 is 10.6 Å². The number of aryl methyl sites for hydroxylation is 1. The van der Waals surface area contributed by atoms with Gasteiger partial charge in [-0.25, -0.2) is 23.4 Å². The van der Waals surface area contributed by atoms with Crippen LogP contribution in [0, 0.1) is 5.41 Å². The molecule has 2 N–H and O–H groups in total. The summed E-state index contributed by atoms with van der Waals surface area (Å²) >= 11 is 0. The van der Waals surface area contributed by atoms with Gasteiger partial charge in [-0.3, -0.25) is 0 Å². The van der Waals surface area contributed by atoms with Crippen molar-refractivity contribution in [2.75, 3.05) is 23.7 Å². The van der Waals surface area contributed by atoms with E-state index in [2.05, 4.69) is 58.0 Å². The van der Waals surface area contributed by atoms with Crippen LogP contribution < -0.4 is 10.6 Å². The summed E-state index contributed by atoms with van der Waals surface area (Å²) in [6.45, 7) is 8.56. The molecule has 5 rings (SSSR count). The lowest BCUT2D eigenvalue weighted by Gasteiger charge is -2.30. The quantitative estimate of drug-likeness (QED) is 0.525. The van der Waals surface area contributed by atoms with Crippen molar-refractivity contribution in [3.8, 4) is 0 Å². The molecule has 0 amide bonds. The summed E-state index contributed by atoms with van der Waals surface area (Å²) < 4.78 is 25.2. The molecule has 0 saturated heterocycles. The SMILES string of the molecule is CCS(=O)(=O)C(CN)c1nc2n(n1)N=C(C(C)(C)C)/C2=N/c1ccc2c(c1)CCCN2c1ccccn1. The van der Waals surface area contributed by atoms with E-state index in [1.54, 1.807) is 6.92 Å². The lowest BCUT2D eigenvalue weighted by molar-refractivity contribution is 0.575. The van der Waals surface area contributed by atoms with Crippen LogP contribution >= 0.6 is 0 Å². The second-order valence-electron chi connectivity index (χ2n) is 10.3. The van der Waals surface area contributed by atoms with Crippen molar-refractivity contribution in [2.24, 2.45) is 21.2 Å². The minimum atomic E-state index is -3.47. The van der Waals surface area contributed by atoms with E-state index in [4.69, 9.17) is 10.7 Å². The number of nitrogens with two attached hydrogens (primary N) is 1. The predicted octanol–water partition coefficient (Wildman–Crippen LogP) is 3.58. The molecular weight excluding hydrogens is 488 g/mol. The predicted molar refractivity (Wildman–Crippen MR) is 146 cm³/mol. The Hall–Kier alpha value is -3.44. The standard InChI is InChI=1S/C26H32N8O2S/c1-5-37(35,36)20(16-27)24-30-25-22(23(26(2,3)4)31-34(25)32-24)29-18-11-12-19-17(15-18)9-8-14-33(19)21-10-6-7-13-28-21/h6-7,10-13,15,20H,5,8-9,14,16,27H2,1-4H3/b29-22-. The van der Waals surface area contributed by atoms with Crippen LogP contribution in [0.4, 0.5) is 17.2 Å². The van der Waals surface area contributed by atoms with Gasteiger partial charge >= 0.3 is 0 Å². The molecule has 11 heteroatoms. The van der Waals surface area contributed by atoms with E-state index in [0.717, 1.165) is 42.3 Å². The molecule has 0 radical (unpaired) electrons. The smallest absolute Gasteiger partial charge is 0.204 e. The van der Waals surface area contributed by atoms with Crippen molar-refractivity contribution >= 4 is 38.5 Å². The van der Waals surface area contributed by atoms with Gasteiger partial charge in [0.15, 0.2) is 15.7 Å². The molecule has 1 aromatic carbocycles. The lowest BCUT2D eigenvalue weighted by Crippen LogP contribution is -2.28. The monoisotopic (exact) mass is 520 g/mol. The first-order valence-electron chi connectivity index (χ1n) is 12.5. The van der Waals surface area contributed by atoms with E-state index >= 15 is 0 Å². The maximum absolute atomic E-state index is 12.6. The van der Waals surface area contributed by atoms with Gasteiger partial charge in [-0.15, -0.1) is 9.89 Å². The molecule has 10 nitrogen and oxygen atoms in total. The fourth-order valence-electron chi connectivity index (χ4n) is 4.68. The van der Waals surface area contributed by atoms with E-state index in [1.807, 2.05) is 30.5 Å².